The number of rotatable bonds is 0. The van der Waals surface area contributed by atoms with Crippen LogP contribution in [0.1, 0.15) is 12.8 Å². The molecule has 1 rings (SSSR count). The summed E-state index contributed by atoms with van der Waals surface area (Å²) in [4.78, 5) is 0. The summed E-state index contributed by atoms with van der Waals surface area (Å²) >= 11 is 0. The summed E-state index contributed by atoms with van der Waals surface area (Å²) < 4.78 is 4.94. The number of hydrogen-bond donors (Lipinski definition) is 0. The summed E-state index contributed by atoms with van der Waals surface area (Å²) in [7, 11) is 0. The fourth-order valence-corrected chi connectivity index (χ4v) is 0.510. The molecule has 0 radical (unpaired) electrons. The topological polar surface area (TPSA) is 9.23 Å². The second-order valence-corrected chi connectivity index (χ2v) is 1.32. The average Bonchev–Trinajstić information content (AvgIpc) is 1.76. The third-order valence-corrected chi connectivity index (χ3v) is 0.827. The van der Waals surface area contributed by atoms with Crippen molar-refractivity contribution in [2.24, 2.45) is 0 Å². The molecule has 0 N–H and O–H groups in total. The molecule has 1 aliphatic heterocycles. The Morgan fingerprint density at radius 2 is 1.50 bits per heavy atom. The smallest absolute Gasteiger partial charge is 0.0466 e. The van der Waals surface area contributed by atoms with Gasteiger partial charge in [-0.3, -0.25) is 0 Å². The van der Waals surface area contributed by atoms with Gasteiger partial charge in [0.2, 0.25) is 0 Å². The molecule has 0 aromatic rings. The Morgan fingerprint density at radius 1 is 1.00 bits per heavy atom. The van der Waals surface area contributed by atoms with E-state index in [2.05, 4.69) is 0 Å². The van der Waals surface area contributed by atoms with Crippen LogP contribution in [0.2, 0.25) is 0 Å². The summed E-state index contributed by atoms with van der Waals surface area (Å²) in [5.74, 6) is 0. The van der Waals surface area contributed by atoms with E-state index in [4.69, 9.17) is 4.74 Å². The standard InChI is InChI=1S/C4H8O.H2S/c1-2-4-5-3-1;/h1-4H2;1H2. The minimum Gasteiger partial charge on any atom is -0.381 e. The lowest BCUT2D eigenvalue weighted by Crippen LogP contribution is -1.74. The number of ether oxygens (including phenoxy) is 1. The molecule has 1 fully saturated rings. The van der Waals surface area contributed by atoms with E-state index in [1.54, 1.807) is 0 Å². The van der Waals surface area contributed by atoms with E-state index in [-0.39, 0.29) is 13.5 Å². The zero-order chi connectivity index (χ0) is 3.54. The van der Waals surface area contributed by atoms with Gasteiger partial charge in [0.1, 0.15) is 0 Å². The van der Waals surface area contributed by atoms with Crippen LogP contribution in [0.15, 0.2) is 0 Å². The Labute approximate surface area is 45.1 Å². The van der Waals surface area contributed by atoms with Crippen LogP contribution in [0.3, 0.4) is 0 Å². The summed E-state index contributed by atoms with van der Waals surface area (Å²) in [5.41, 5.74) is 0. The van der Waals surface area contributed by atoms with E-state index < -0.39 is 0 Å². The van der Waals surface area contributed by atoms with Crippen molar-refractivity contribution in [3.8, 4) is 0 Å². The molecule has 6 heavy (non-hydrogen) atoms. The SMILES string of the molecule is C1CCOC1.S. The molecule has 1 nitrogen and oxygen atoms in total. The van der Waals surface area contributed by atoms with Gasteiger partial charge in [0.25, 0.3) is 0 Å². The molecule has 38 valence electrons. The third kappa shape index (κ3) is 1.67. The first-order chi connectivity index (χ1) is 2.50. The Kier molecular flexibility index (Phi) is 3.68. The third-order valence-electron chi connectivity index (χ3n) is 0.827. The lowest BCUT2D eigenvalue weighted by Gasteiger charge is -1.76. The van der Waals surface area contributed by atoms with E-state index in [9.17, 15) is 0 Å². The molecule has 0 bridgehead atoms. The highest BCUT2D eigenvalue weighted by atomic mass is 32.1. The first-order valence-corrected chi connectivity index (χ1v) is 2.08. The second kappa shape index (κ2) is 3.50. The Hall–Kier alpha value is 0.310. The summed E-state index contributed by atoms with van der Waals surface area (Å²) in [5, 5.41) is 0. The molecule has 1 saturated heterocycles. The van der Waals surface area contributed by atoms with Gasteiger partial charge in [-0.05, 0) is 12.8 Å². The van der Waals surface area contributed by atoms with Crippen molar-refractivity contribution in [3.63, 3.8) is 0 Å². The van der Waals surface area contributed by atoms with Gasteiger partial charge in [-0.1, -0.05) is 0 Å². The van der Waals surface area contributed by atoms with E-state index in [0.29, 0.717) is 0 Å². The van der Waals surface area contributed by atoms with E-state index in [0.717, 1.165) is 13.2 Å². The van der Waals surface area contributed by atoms with Crippen molar-refractivity contribution >= 4 is 13.5 Å². The molecular formula is C4H10OS. The molecule has 0 aromatic carbocycles. The zero-order valence-electron chi connectivity index (χ0n) is 3.74. The maximum atomic E-state index is 4.94. The van der Waals surface area contributed by atoms with Gasteiger partial charge >= 0.3 is 0 Å². The average molecular weight is 106 g/mol. The Balaban J connectivity index is 0.000000250. The fraction of sp³-hybridized carbons (Fsp3) is 1.00. The van der Waals surface area contributed by atoms with Crippen molar-refractivity contribution < 1.29 is 4.74 Å². The molecule has 0 unspecified atom stereocenters. The molecule has 1 heterocycles. The Bertz CT molecular complexity index is 19.1. The first kappa shape index (κ1) is 6.31. The summed E-state index contributed by atoms with van der Waals surface area (Å²) in [6.45, 7) is 2.00. The highest BCUT2D eigenvalue weighted by Crippen LogP contribution is 1.98. The van der Waals surface area contributed by atoms with Gasteiger partial charge < -0.3 is 4.74 Å². The number of hydrogen-bond acceptors (Lipinski definition) is 1. The molecule has 0 amide bonds. The van der Waals surface area contributed by atoms with Gasteiger partial charge in [-0.25, -0.2) is 0 Å². The van der Waals surface area contributed by atoms with E-state index in [1.165, 1.54) is 12.8 Å². The normalized spacial score (nSPS) is 20.0. The quantitative estimate of drug-likeness (QED) is 0.446. The van der Waals surface area contributed by atoms with Gasteiger partial charge in [-0.15, -0.1) is 0 Å². The fourth-order valence-electron chi connectivity index (χ4n) is 0.510. The highest BCUT2D eigenvalue weighted by molar-refractivity contribution is 7.59. The van der Waals surface area contributed by atoms with Crippen molar-refractivity contribution in [2.75, 3.05) is 13.2 Å². The van der Waals surface area contributed by atoms with Crippen molar-refractivity contribution in [3.05, 3.63) is 0 Å². The van der Waals surface area contributed by atoms with Crippen molar-refractivity contribution in [2.45, 2.75) is 12.8 Å². The van der Waals surface area contributed by atoms with Crippen LogP contribution >= 0.6 is 13.5 Å². The molecule has 0 saturated carbocycles. The highest BCUT2D eigenvalue weighted by Gasteiger charge is 1.94. The predicted octanol–water partition coefficient (Wildman–Crippen LogP) is 0.910. The summed E-state index contributed by atoms with van der Waals surface area (Å²) in [6, 6.07) is 0. The minimum atomic E-state index is 0. The summed E-state index contributed by atoms with van der Waals surface area (Å²) in [6.07, 6.45) is 2.56. The molecule has 2 heteroatoms. The molecular weight excluding hydrogens is 96.1 g/mol. The maximum Gasteiger partial charge on any atom is 0.0466 e. The molecule has 0 aromatic heterocycles. The monoisotopic (exact) mass is 106 g/mol. The van der Waals surface area contributed by atoms with Crippen LogP contribution in [0, 0.1) is 0 Å². The predicted molar refractivity (Wildman–Crippen MR) is 30.4 cm³/mol. The molecule has 0 atom stereocenters. The van der Waals surface area contributed by atoms with Crippen LogP contribution in [0.4, 0.5) is 0 Å². The Morgan fingerprint density at radius 3 is 1.67 bits per heavy atom. The second-order valence-electron chi connectivity index (χ2n) is 1.32. The van der Waals surface area contributed by atoms with E-state index in [1.807, 2.05) is 0 Å². The van der Waals surface area contributed by atoms with Crippen molar-refractivity contribution in [1.82, 2.24) is 0 Å². The van der Waals surface area contributed by atoms with Crippen LogP contribution in [0.5, 0.6) is 0 Å². The lowest BCUT2D eigenvalue weighted by molar-refractivity contribution is 0.198. The zero-order valence-corrected chi connectivity index (χ0v) is 4.74. The minimum absolute atomic E-state index is 0. The van der Waals surface area contributed by atoms with Crippen LogP contribution in [-0.2, 0) is 4.74 Å². The molecule has 0 aliphatic carbocycles. The molecule has 1 aliphatic rings. The van der Waals surface area contributed by atoms with Gasteiger partial charge in [0.05, 0.1) is 0 Å². The van der Waals surface area contributed by atoms with Crippen molar-refractivity contribution in [1.29, 1.82) is 0 Å². The van der Waals surface area contributed by atoms with Crippen LogP contribution in [-0.4, -0.2) is 13.2 Å². The first-order valence-electron chi connectivity index (χ1n) is 2.08. The molecule has 0 spiro atoms. The van der Waals surface area contributed by atoms with Gasteiger partial charge in [-0.2, -0.15) is 13.5 Å². The van der Waals surface area contributed by atoms with Crippen LogP contribution < -0.4 is 0 Å². The lowest BCUT2D eigenvalue weighted by atomic mass is 10.4. The largest absolute Gasteiger partial charge is 0.381 e. The maximum absolute atomic E-state index is 4.94. The van der Waals surface area contributed by atoms with Gasteiger partial charge in [0.15, 0.2) is 0 Å². The van der Waals surface area contributed by atoms with Gasteiger partial charge in [0, 0.05) is 13.2 Å². The van der Waals surface area contributed by atoms with Crippen LogP contribution in [0.25, 0.3) is 0 Å². The van der Waals surface area contributed by atoms with E-state index >= 15 is 0 Å².